The van der Waals surface area contributed by atoms with E-state index in [0.29, 0.717) is 11.5 Å². The van der Waals surface area contributed by atoms with Gasteiger partial charge in [0.15, 0.2) is 5.88 Å². The van der Waals surface area contributed by atoms with Crippen LogP contribution >= 0.6 is 0 Å². The van der Waals surface area contributed by atoms with Gasteiger partial charge in [0.25, 0.3) is 0 Å². The zero-order valence-corrected chi connectivity index (χ0v) is 14.4. The third-order valence-electron chi connectivity index (χ3n) is 4.24. The van der Waals surface area contributed by atoms with Crippen LogP contribution in [0.25, 0.3) is 10.9 Å². The van der Waals surface area contributed by atoms with E-state index < -0.39 is 0 Å². The van der Waals surface area contributed by atoms with Crippen LogP contribution in [0.15, 0.2) is 41.4 Å². The van der Waals surface area contributed by atoms with Crippen LogP contribution in [0, 0.1) is 6.92 Å². The number of nitrogens with zero attached hydrogens (tertiary/aromatic N) is 1. The van der Waals surface area contributed by atoms with Crippen LogP contribution in [0.2, 0.25) is 0 Å². The molecule has 0 fully saturated rings. The molecule has 0 bridgehead atoms. The van der Waals surface area contributed by atoms with E-state index in [1.54, 1.807) is 13.3 Å². The van der Waals surface area contributed by atoms with Crippen molar-refractivity contribution in [1.82, 2.24) is 4.98 Å². The van der Waals surface area contributed by atoms with Gasteiger partial charge in [-0.05, 0) is 42.2 Å². The van der Waals surface area contributed by atoms with Crippen molar-refractivity contribution < 1.29 is 9.84 Å². The van der Waals surface area contributed by atoms with Gasteiger partial charge in [-0.2, -0.15) is 0 Å². The Morgan fingerprint density at radius 2 is 2.00 bits per heavy atom. The Morgan fingerprint density at radius 3 is 2.71 bits per heavy atom. The van der Waals surface area contributed by atoms with Gasteiger partial charge in [0.1, 0.15) is 5.75 Å². The second-order valence-electron chi connectivity index (χ2n) is 6.22. The molecule has 0 saturated carbocycles. The number of methoxy groups -OCH3 is 1. The normalized spacial score (nSPS) is 11.7. The highest BCUT2D eigenvalue weighted by atomic mass is 16.5. The molecule has 1 aromatic heterocycles. The summed E-state index contributed by atoms with van der Waals surface area (Å²) in [5, 5.41) is 11.1. The van der Waals surface area contributed by atoms with Crippen molar-refractivity contribution in [1.29, 1.82) is 0 Å². The summed E-state index contributed by atoms with van der Waals surface area (Å²) in [5.74, 6) is 1.24. The number of rotatable bonds is 4. The van der Waals surface area contributed by atoms with Gasteiger partial charge in [0.05, 0.1) is 18.4 Å². The first kappa shape index (κ1) is 16.1. The van der Waals surface area contributed by atoms with E-state index in [-0.39, 0.29) is 5.88 Å². The van der Waals surface area contributed by atoms with Crippen molar-refractivity contribution in [2.24, 2.45) is 4.99 Å². The topological polar surface area (TPSA) is 57.6 Å². The van der Waals surface area contributed by atoms with Gasteiger partial charge in [-0.1, -0.05) is 32.0 Å². The van der Waals surface area contributed by atoms with Crippen LogP contribution < -0.4 is 4.74 Å². The van der Waals surface area contributed by atoms with E-state index in [2.05, 4.69) is 44.0 Å². The molecule has 124 valence electrons. The van der Waals surface area contributed by atoms with Crippen LogP contribution in [0.3, 0.4) is 0 Å². The molecule has 2 aromatic carbocycles. The first-order valence-corrected chi connectivity index (χ1v) is 8.03. The Labute approximate surface area is 141 Å². The number of para-hydroxylation sites is 1. The molecule has 0 aliphatic heterocycles. The van der Waals surface area contributed by atoms with E-state index in [0.717, 1.165) is 27.9 Å². The lowest BCUT2D eigenvalue weighted by Gasteiger charge is -2.11. The standard InChI is InChI=1S/C20H22N2O2/c1-12(2)15-7-5-6-13(3)19(15)21-11-17-16-10-14(24-4)8-9-18(16)22-20(17)23/h5-12,22-23H,1-4H3. The molecule has 2 N–H and O–H groups in total. The Balaban J connectivity index is 2.10. The number of nitrogens with one attached hydrogen (secondary N) is 1. The molecule has 3 rings (SSSR count). The maximum atomic E-state index is 10.2. The maximum Gasteiger partial charge on any atom is 0.198 e. The number of hydrogen-bond acceptors (Lipinski definition) is 3. The zero-order valence-electron chi connectivity index (χ0n) is 14.4. The fraction of sp³-hybridized carbons (Fsp3) is 0.250. The highest BCUT2D eigenvalue weighted by Gasteiger charge is 2.12. The van der Waals surface area contributed by atoms with Crippen molar-refractivity contribution in [2.45, 2.75) is 26.7 Å². The highest BCUT2D eigenvalue weighted by Crippen LogP contribution is 2.32. The Bertz CT molecular complexity index is 907. The minimum atomic E-state index is 0.113. The van der Waals surface area contributed by atoms with Crippen molar-refractivity contribution in [3.05, 3.63) is 53.1 Å². The number of ether oxygens (including phenoxy) is 1. The average molecular weight is 322 g/mol. The van der Waals surface area contributed by atoms with E-state index in [1.165, 1.54) is 5.56 Å². The summed E-state index contributed by atoms with van der Waals surface area (Å²) in [6.45, 7) is 6.36. The fourth-order valence-corrected chi connectivity index (χ4v) is 2.89. The molecule has 1 heterocycles. The van der Waals surface area contributed by atoms with Gasteiger partial charge in [-0.25, -0.2) is 0 Å². The molecule has 0 amide bonds. The highest BCUT2D eigenvalue weighted by molar-refractivity contribution is 6.03. The molecule has 0 atom stereocenters. The molecule has 0 radical (unpaired) electrons. The molecule has 4 heteroatoms. The Hall–Kier alpha value is -2.75. The second-order valence-corrected chi connectivity index (χ2v) is 6.22. The number of benzene rings is 2. The second kappa shape index (κ2) is 6.40. The molecule has 0 saturated heterocycles. The van der Waals surface area contributed by atoms with Crippen LogP contribution in [-0.4, -0.2) is 23.4 Å². The van der Waals surface area contributed by atoms with Gasteiger partial charge in [0.2, 0.25) is 0 Å². The summed E-state index contributed by atoms with van der Waals surface area (Å²) in [6, 6.07) is 11.8. The summed E-state index contributed by atoms with van der Waals surface area (Å²) in [4.78, 5) is 7.67. The number of H-pyrrole nitrogens is 1. The number of aromatic hydroxyl groups is 1. The molecule has 0 aliphatic carbocycles. The lowest BCUT2D eigenvalue weighted by molar-refractivity contribution is 0.415. The number of aromatic nitrogens is 1. The number of hydrogen-bond donors (Lipinski definition) is 2. The monoisotopic (exact) mass is 322 g/mol. The van der Waals surface area contributed by atoms with E-state index in [1.807, 2.05) is 18.2 Å². The number of aryl methyl sites for hydroxylation is 1. The van der Waals surface area contributed by atoms with Crippen LogP contribution in [-0.2, 0) is 0 Å². The third-order valence-corrected chi connectivity index (χ3v) is 4.24. The molecular weight excluding hydrogens is 300 g/mol. The largest absolute Gasteiger partial charge is 0.497 e. The maximum absolute atomic E-state index is 10.2. The van der Waals surface area contributed by atoms with Gasteiger partial charge in [-0.15, -0.1) is 0 Å². The van der Waals surface area contributed by atoms with Crippen molar-refractivity contribution in [3.8, 4) is 11.6 Å². The minimum absolute atomic E-state index is 0.113. The van der Waals surface area contributed by atoms with Crippen molar-refractivity contribution in [3.63, 3.8) is 0 Å². The fourth-order valence-electron chi connectivity index (χ4n) is 2.89. The van der Waals surface area contributed by atoms with Gasteiger partial charge in [-0.3, -0.25) is 4.99 Å². The number of aliphatic imine (C=N–C) groups is 1. The summed E-state index contributed by atoms with van der Waals surface area (Å²) in [5.41, 5.74) is 4.80. The van der Waals surface area contributed by atoms with E-state index >= 15 is 0 Å². The lowest BCUT2D eigenvalue weighted by Crippen LogP contribution is -1.91. The first-order valence-electron chi connectivity index (χ1n) is 8.03. The zero-order chi connectivity index (χ0) is 17.3. The van der Waals surface area contributed by atoms with Crippen LogP contribution in [0.4, 0.5) is 5.69 Å². The predicted octanol–water partition coefficient (Wildman–Crippen LogP) is 5.06. The minimum Gasteiger partial charge on any atom is -0.497 e. The first-order chi connectivity index (χ1) is 11.5. The SMILES string of the molecule is COc1ccc2[nH]c(O)c(C=Nc3c(C)cccc3C(C)C)c2c1. The van der Waals surface area contributed by atoms with E-state index in [9.17, 15) is 5.11 Å². The summed E-state index contributed by atoms with van der Waals surface area (Å²) in [7, 11) is 1.63. The molecule has 0 spiro atoms. The Morgan fingerprint density at radius 1 is 1.21 bits per heavy atom. The molecule has 24 heavy (non-hydrogen) atoms. The average Bonchev–Trinajstić information content (AvgIpc) is 2.87. The van der Waals surface area contributed by atoms with Gasteiger partial charge < -0.3 is 14.8 Å². The molecule has 3 aromatic rings. The van der Waals surface area contributed by atoms with Crippen LogP contribution in [0.5, 0.6) is 11.6 Å². The van der Waals surface area contributed by atoms with Gasteiger partial charge >= 0.3 is 0 Å². The van der Waals surface area contributed by atoms with E-state index in [4.69, 9.17) is 9.73 Å². The molecule has 0 unspecified atom stereocenters. The number of aromatic amines is 1. The van der Waals surface area contributed by atoms with Crippen LogP contribution in [0.1, 0.15) is 36.5 Å². The summed E-state index contributed by atoms with van der Waals surface area (Å²) < 4.78 is 5.28. The number of fused-ring (bicyclic) bond motifs is 1. The van der Waals surface area contributed by atoms with Gasteiger partial charge in [0, 0.05) is 17.1 Å². The predicted molar refractivity (Wildman–Crippen MR) is 99.0 cm³/mol. The lowest BCUT2D eigenvalue weighted by atomic mass is 9.98. The Kier molecular flexibility index (Phi) is 4.30. The third kappa shape index (κ3) is 2.87. The molecule has 4 nitrogen and oxygen atoms in total. The molecule has 0 aliphatic rings. The van der Waals surface area contributed by atoms with Crippen molar-refractivity contribution in [2.75, 3.05) is 7.11 Å². The smallest absolute Gasteiger partial charge is 0.198 e. The summed E-state index contributed by atoms with van der Waals surface area (Å²) in [6.07, 6.45) is 1.72. The summed E-state index contributed by atoms with van der Waals surface area (Å²) >= 11 is 0. The molecular formula is C20H22N2O2. The van der Waals surface area contributed by atoms with Crippen molar-refractivity contribution >= 4 is 22.8 Å². The quantitative estimate of drug-likeness (QED) is 0.659.